The Hall–Kier alpha value is -8.96. The minimum atomic E-state index is -0.415. The van der Waals surface area contributed by atoms with E-state index in [0.717, 1.165) is 178 Å². The molecule has 8 aromatic carbocycles. The van der Waals surface area contributed by atoms with Crippen LogP contribution in [-0.4, -0.2) is 41.9 Å². The molecule has 0 unspecified atom stereocenters. The summed E-state index contributed by atoms with van der Waals surface area (Å²) in [5, 5.41) is 8.07. The van der Waals surface area contributed by atoms with Gasteiger partial charge < -0.3 is 23.0 Å². The van der Waals surface area contributed by atoms with E-state index in [1.165, 1.54) is 99.7 Å². The van der Waals surface area contributed by atoms with E-state index in [-0.39, 0.29) is 22.9 Å². The van der Waals surface area contributed by atoms with Gasteiger partial charge in [-0.15, -0.1) is 0 Å². The number of hydrogen-bond acceptors (Lipinski definition) is 5. The predicted molar refractivity (Wildman–Crippen MR) is 394 cm³/mol. The van der Waals surface area contributed by atoms with E-state index in [4.69, 9.17) is 4.74 Å². The fraction of sp³-hybridized carbons (Fsp3) is 0.381. The van der Waals surface area contributed by atoms with E-state index in [2.05, 4.69) is 155 Å². The number of nitrogens with zero attached hydrogens (tertiary/aromatic N) is 6. The Morgan fingerprint density at radius 2 is 0.568 bits per heavy atom. The molecule has 2 aliphatic rings. The maximum absolute atomic E-state index is 15.7. The standard InChI is InChI=1S/C84H92N6O5/c1-5-9-13-17-21-33-49-85-71-43-31-27-39-63(71)75-73(85)55-65-59-37-25-29-41-69(59)87(51-35-23-19-15-11-7-3)77(65)79(75)89-81(91)61-47-45-57(53-67(61)83(89)93)95-58-46-48-62-68(54-58)84(94)90(82(62)92)80-76-64-40-28-32-44-72(64)86(50-34-22-18-14-10-6-2)74(76)56-66-60-38-26-30-42-70(60)88(78(66)80)52-36-24-20-16-12-8-4/h25-32,37-48,53-56H,5-24,33-36,49-52H2,1-4H3. The molecule has 4 aromatic heterocycles. The Morgan fingerprint density at radius 1 is 0.274 bits per heavy atom. The summed E-state index contributed by atoms with van der Waals surface area (Å²) in [6.07, 6.45) is 27.7. The van der Waals surface area contributed by atoms with Crippen molar-refractivity contribution in [3.8, 4) is 11.5 Å². The van der Waals surface area contributed by atoms with Crippen molar-refractivity contribution in [1.82, 2.24) is 18.3 Å². The van der Waals surface area contributed by atoms with Crippen LogP contribution < -0.4 is 14.5 Å². The zero-order valence-corrected chi connectivity index (χ0v) is 56.4. The molecule has 0 aliphatic carbocycles. The Kier molecular flexibility index (Phi) is 18.8. The molecule has 2 aliphatic heterocycles. The maximum Gasteiger partial charge on any atom is 0.266 e. The van der Waals surface area contributed by atoms with Crippen molar-refractivity contribution in [1.29, 1.82) is 0 Å². The lowest BCUT2D eigenvalue weighted by molar-refractivity contribution is 0.0911. The number of carbonyl (C=O) groups is 4. The highest BCUT2D eigenvalue weighted by Gasteiger charge is 2.43. The number of unbranched alkanes of at least 4 members (excludes halogenated alkanes) is 20. The van der Waals surface area contributed by atoms with Crippen LogP contribution in [0.2, 0.25) is 0 Å². The van der Waals surface area contributed by atoms with Crippen LogP contribution in [0.3, 0.4) is 0 Å². The van der Waals surface area contributed by atoms with E-state index in [9.17, 15) is 0 Å². The molecule has 0 N–H and O–H groups in total. The summed E-state index contributed by atoms with van der Waals surface area (Å²) in [4.78, 5) is 65.4. The molecule has 12 aromatic rings. The highest BCUT2D eigenvalue weighted by atomic mass is 16.5. The molecule has 14 rings (SSSR count). The van der Waals surface area contributed by atoms with Gasteiger partial charge in [-0.1, -0.05) is 229 Å². The Balaban J connectivity index is 0.839. The van der Waals surface area contributed by atoms with Gasteiger partial charge in [0.05, 0.1) is 55.7 Å². The fourth-order valence-electron chi connectivity index (χ4n) is 16.1. The number of fused-ring (bicyclic) bond motifs is 14. The van der Waals surface area contributed by atoms with Crippen LogP contribution in [0, 0.1) is 0 Å². The van der Waals surface area contributed by atoms with Gasteiger partial charge in [0.15, 0.2) is 0 Å². The summed E-state index contributed by atoms with van der Waals surface area (Å²) in [7, 11) is 0. The number of ether oxygens (including phenoxy) is 1. The van der Waals surface area contributed by atoms with Crippen molar-refractivity contribution in [2.45, 2.75) is 208 Å². The summed E-state index contributed by atoms with van der Waals surface area (Å²) in [5.74, 6) is -0.919. The van der Waals surface area contributed by atoms with Gasteiger partial charge in [-0.3, -0.25) is 19.2 Å². The van der Waals surface area contributed by atoms with Crippen LogP contribution in [-0.2, 0) is 26.2 Å². The van der Waals surface area contributed by atoms with Gasteiger partial charge in [0.2, 0.25) is 0 Å². The summed E-state index contributed by atoms with van der Waals surface area (Å²) in [5.41, 5.74) is 10.5. The predicted octanol–water partition coefficient (Wildman–Crippen LogP) is 23.0. The SMILES string of the molecule is CCCCCCCCn1c2ccccc2c2c(N3C(=O)c4ccc(Oc5ccc6c(c5)C(=O)N(c5c7c8ccccc8n(CCCCCCCC)c7cc7c8ccccc8n(CCCCCCCC)c57)C6=O)cc4C3=O)c3c(cc21)c1ccccc1n3CCCCCCCC. The number of para-hydroxylation sites is 4. The molecule has 11 nitrogen and oxygen atoms in total. The van der Waals surface area contributed by atoms with Crippen LogP contribution >= 0.6 is 0 Å². The van der Waals surface area contributed by atoms with Gasteiger partial charge in [0, 0.05) is 91.3 Å². The number of benzene rings is 8. The van der Waals surface area contributed by atoms with Crippen molar-refractivity contribution in [2.24, 2.45) is 0 Å². The summed E-state index contributed by atoms with van der Waals surface area (Å²) >= 11 is 0. The number of aromatic nitrogens is 4. The lowest BCUT2D eigenvalue weighted by Crippen LogP contribution is -2.30. The van der Waals surface area contributed by atoms with Crippen LogP contribution in [0.1, 0.15) is 223 Å². The molecular formula is C84H92N6O5. The number of hydrogen-bond donors (Lipinski definition) is 0. The molecule has 0 fully saturated rings. The van der Waals surface area contributed by atoms with Gasteiger partial charge in [-0.25, -0.2) is 9.80 Å². The molecule has 0 bridgehead atoms. The molecule has 0 saturated heterocycles. The number of anilines is 2. The first-order valence-electron chi connectivity index (χ1n) is 36.4. The van der Waals surface area contributed by atoms with E-state index in [0.29, 0.717) is 34.0 Å². The molecule has 0 spiro atoms. The van der Waals surface area contributed by atoms with Crippen molar-refractivity contribution >= 4 is 122 Å². The first-order chi connectivity index (χ1) is 46.8. The number of amides is 4. The molecule has 6 heterocycles. The number of imide groups is 2. The monoisotopic (exact) mass is 1260 g/mol. The van der Waals surface area contributed by atoms with Crippen LogP contribution in [0.4, 0.5) is 11.4 Å². The molecule has 0 atom stereocenters. The zero-order chi connectivity index (χ0) is 65.1. The summed E-state index contributed by atoms with van der Waals surface area (Å²) in [6.45, 7) is 12.1. The van der Waals surface area contributed by atoms with Crippen molar-refractivity contribution < 1.29 is 23.9 Å². The quantitative estimate of drug-likeness (QED) is 0.0309. The smallest absolute Gasteiger partial charge is 0.266 e. The molecular weight excluding hydrogens is 1170 g/mol. The topological polar surface area (TPSA) is 104 Å². The maximum atomic E-state index is 15.7. The zero-order valence-electron chi connectivity index (χ0n) is 56.4. The van der Waals surface area contributed by atoms with E-state index < -0.39 is 11.8 Å². The molecule has 4 amide bonds. The normalized spacial score (nSPS) is 13.4. The van der Waals surface area contributed by atoms with Gasteiger partial charge in [-0.2, -0.15) is 0 Å². The molecule has 11 heteroatoms. The van der Waals surface area contributed by atoms with Gasteiger partial charge in [0.1, 0.15) is 11.5 Å². The first kappa shape index (κ1) is 63.4. The second kappa shape index (κ2) is 28.2. The Morgan fingerprint density at radius 3 is 0.926 bits per heavy atom. The number of carbonyl (C=O) groups excluding carboxylic acids is 4. The second-order valence-electron chi connectivity index (χ2n) is 27.2. The Labute approximate surface area is 558 Å². The third-order valence-electron chi connectivity index (χ3n) is 20.9. The average molecular weight is 1270 g/mol. The molecule has 0 saturated carbocycles. The fourth-order valence-corrected chi connectivity index (χ4v) is 16.1. The molecule has 488 valence electrons. The average Bonchev–Trinajstić information content (AvgIpc) is 1.55. The first-order valence-corrected chi connectivity index (χ1v) is 36.4. The minimum Gasteiger partial charge on any atom is -0.457 e. The van der Waals surface area contributed by atoms with Gasteiger partial charge in [-0.05, 0) is 98.5 Å². The van der Waals surface area contributed by atoms with Crippen LogP contribution in [0.25, 0.3) is 87.2 Å². The second-order valence-corrected chi connectivity index (χ2v) is 27.2. The molecule has 95 heavy (non-hydrogen) atoms. The minimum absolute atomic E-state index is 0.245. The largest absolute Gasteiger partial charge is 0.457 e. The van der Waals surface area contributed by atoms with E-state index >= 15 is 19.2 Å². The van der Waals surface area contributed by atoms with E-state index in [1.807, 2.05) is 0 Å². The van der Waals surface area contributed by atoms with Gasteiger partial charge >= 0.3 is 0 Å². The summed E-state index contributed by atoms with van der Waals surface area (Å²) in [6, 6.07) is 49.0. The highest BCUT2D eigenvalue weighted by molar-refractivity contribution is 6.42. The summed E-state index contributed by atoms with van der Waals surface area (Å²) < 4.78 is 16.3. The third kappa shape index (κ3) is 11.6. The van der Waals surface area contributed by atoms with Gasteiger partial charge in [0.25, 0.3) is 23.6 Å². The lowest BCUT2D eigenvalue weighted by Gasteiger charge is -2.20. The molecule has 0 radical (unpaired) electrons. The third-order valence-corrected chi connectivity index (χ3v) is 20.9. The number of rotatable bonds is 32. The van der Waals surface area contributed by atoms with Crippen LogP contribution in [0.15, 0.2) is 146 Å². The Bertz CT molecular complexity index is 4580. The van der Waals surface area contributed by atoms with Crippen molar-refractivity contribution in [2.75, 3.05) is 9.80 Å². The highest BCUT2D eigenvalue weighted by Crippen LogP contribution is 2.50. The lowest BCUT2D eigenvalue weighted by atomic mass is 10.0. The van der Waals surface area contributed by atoms with Crippen molar-refractivity contribution in [3.05, 3.63) is 168 Å². The van der Waals surface area contributed by atoms with E-state index in [1.54, 1.807) is 36.4 Å². The van der Waals surface area contributed by atoms with Crippen LogP contribution in [0.5, 0.6) is 11.5 Å². The van der Waals surface area contributed by atoms with Crippen molar-refractivity contribution in [3.63, 3.8) is 0 Å². The number of aryl methyl sites for hydroxylation is 4.